The van der Waals surface area contributed by atoms with Gasteiger partial charge in [-0.15, -0.1) is 0 Å². The molecule has 0 radical (unpaired) electrons. The van der Waals surface area contributed by atoms with Crippen LogP contribution < -0.4 is 4.74 Å². The van der Waals surface area contributed by atoms with Gasteiger partial charge >= 0.3 is 11.9 Å². The van der Waals surface area contributed by atoms with Gasteiger partial charge in [0.2, 0.25) is 0 Å². The van der Waals surface area contributed by atoms with E-state index in [4.69, 9.17) is 25.2 Å². The van der Waals surface area contributed by atoms with Gasteiger partial charge in [0.15, 0.2) is 12.2 Å². The minimum atomic E-state index is -2.27. The van der Waals surface area contributed by atoms with Gasteiger partial charge in [0.25, 0.3) is 0 Å². The minimum Gasteiger partial charge on any atom is -0.492 e. The summed E-state index contributed by atoms with van der Waals surface area (Å²) in [6, 6.07) is 17.1. The minimum absolute atomic E-state index is 0.758. The van der Waals surface area contributed by atoms with Crippen LogP contribution in [0, 0.1) is 6.92 Å². The molecule has 2 aromatic rings. The number of carboxylic acids is 2. The summed E-state index contributed by atoms with van der Waals surface area (Å²) in [6.07, 6.45) is -3.61. The number of ether oxygens (including phenoxy) is 1. The van der Waals surface area contributed by atoms with Gasteiger partial charge in [-0.3, -0.25) is 4.90 Å². The number of aryl methyl sites for hydroxylation is 1. The summed E-state index contributed by atoms with van der Waals surface area (Å²) in [5.41, 5.74) is 3.89. The molecule has 186 valence electrons. The van der Waals surface area contributed by atoms with E-state index in [1.54, 1.807) is 0 Å². The summed E-state index contributed by atoms with van der Waals surface area (Å²) >= 11 is 0. The number of aliphatic hydroxyl groups excluding tert-OH is 2. The van der Waals surface area contributed by atoms with Gasteiger partial charge in [-0.2, -0.15) is 0 Å². The van der Waals surface area contributed by atoms with Crippen molar-refractivity contribution in [3.8, 4) is 5.75 Å². The van der Waals surface area contributed by atoms with Crippen LogP contribution in [0.1, 0.15) is 16.7 Å². The Morgan fingerprint density at radius 3 is 2.09 bits per heavy atom. The molecule has 1 fully saturated rings. The van der Waals surface area contributed by atoms with E-state index < -0.39 is 24.1 Å². The van der Waals surface area contributed by atoms with Gasteiger partial charge in [-0.05, 0) is 31.2 Å². The number of likely N-dealkylation sites (N-methyl/N-ethyl adjacent to an activating group) is 1. The molecule has 34 heavy (non-hydrogen) atoms. The fraction of sp³-hybridized carbons (Fsp3) is 0.440. The molecule has 0 aromatic heterocycles. The second-order valence-electron chi connectivity index (χ2n) is 8.33. The number of carbonyl (C=O) groups is 2. The third kappa shape index (κ3) is 9.11. The van der Waals surface area contributed by atoms with Crippen LogP contribution in [0.15, 0.2) is 48.5 Å². The Labute approximate surface area is 199 Å². The van der Waals surface area contributed by atoms with E-state index in [9.17, 15) is 9.59 Å². The highest BCUT2D eigenvalue weighted by Gasteiger charge is 2.29. The first-order valence-electron chi connectivity index (χ1n) is 11.2. The van der Waals surface area contributed by atoms with E-state index >= 15 is 0 Å². The first-order valence-corrected chi connectivity index (χ1v) is 11.2. The molecule has 2 unspecified atom stereocenters. The molecule has 1 saturated heterocycles. The molecular weight excluding hydrogens is 440 g/mol. The zero-order valence-corrected chi connectivity index (χ0v) is 19.6. The summed E-state index contributed by atoms with van der Waals surface area (Å²) in [4.78, 5) is 24.4. The lowest BCUT2D eigenvalue weighted by Crippen LogP contribution is -2.45. The molecule has 9 nitrogen and oxygen atoms in total. The highest BCUT2D eigenvalue weighted by molar-refractivity contribution is 5.83. The van der Waals surface area contributed by atoms with Crippen LogP contribution in [0.3, 0.4) is 0 Å². The maximum atomic E-state index is 9.77. The third-order valence-corrected chi connectivity index (χ3v) is 5.52. The van der Waals surface area contributed by atoms with Crippen molar-refractivity contribution in [2.45, 2.75) is 25.6 Å². The van der Waals surface area contributed by atoms with Crippen LogP contribution in [0.25, 0.3) is 0 Å². The Hall–Kier alpha value is -2.98. The smallest absolute Gasteiger partial charge is 0.335 e. The number of rotatable bonds is 9. The fourth-order valence-corrected chi connectivity index (χ4v) is 3.43. The number of nitrogens with zero attached hydrogens (tertiary/aromatic N) is 2. The van der Waals surface area contributed by atoms with E-state index in [1.807, 2.05) is 0 Å². The van der Waals surface area contributed by atoms with Gasteiger partial charge in [0.1, 0.15) is 12.4 Å². The Bertz CT molecular complexity index is 897. The molecule has 0 bridgehead atoms. The maximum Gasteiger partial charge on any atom is 0.335 e. The second-order valence-corrected chi connectivity index (χ2v) is 8.33. The summed E-state index contributed by atoms with van der Waals surface area (Å²) in [6.45, 7) is 8.51. The molecule has 0 spiro atoms. The van der Waals surface area contributed by atoms with E-state index in [-0.39, 0.29) is 0 Å². The summed E-state index contributed by atoms with van der Waals surface area (Å²) in [5.74, 6) is -2.51. The molecule has 1 heterocycles. The van der Waals surface area contributed by atoms with Crippen LogP contribution in [0.2, 0.25) is 0 Å². The number of aliphatic hydroxyl groups is 2. The van der Waals surface area contributed by atoms with Crippen molar-refractivity contribution in [2.75, 3.05) is 46.4 Å². The summed E-state index contributed by atoms with van der Waals surface area (Å²) in [5, 5.41) is 32.5. The van der Waals surface area contributed by atoms with Crippen LogP contribution >= 0.6 is 0 Å². The van der Waals surface area contributed by atoms with E-state index in [0.717, 1.165) is 51.5 Å². The average Bonchev–Trinajstić information content (AvgIpc) is 2.81. The zero-order chi connectivity index (χ0) is 25.1. The topological polar surface area (TPSA) is 131 Å². The highest BCUT2D eigenvalue weighted by Crippen LogP contribution is 2.23. The SMILES string of the molecule is Cc1ccc(OCCN2CCN(C)CC2)c(Cc2ccccc2)c1.O=C(O)C(O)C(O)C(=O)O. The van der Waals surface area contributed by atoms with Gasteiger partial charge in [-0.25, -0.2) is 9.59 Å². The van der Waals surface area contributed by atoms with Crippen LogP contribution in [0.5, 0.6) is 5.75 Å². The first kappa shape index (κ1) is 27.3. The Morgan fingerprint density at radius 2 is 1.53 bits per heavy atom. The van der Waals surface area contributed by atoms with Gasteiger partial charge in [0, 0.05) is 39.1 Å². The highest BCUT2D eigenvalue weighted by atomic mass is 16.5. The lowest BCUT2D eigenvalue weighted by atomic mass is 10.0. The fourth-order valence-electron chi connectivity index (χ4n) is 3.43. The van der Waals surface area contributed by atoms with Crippen molar-refractivity contribution in [2.24, 2.45) is 0 Å². The number of aliphatic carboxylic acids is 2. The predicted octanol–water partition coefficient (Wildman–Crippen LogP) is 1.09. The third-order valence-electron chi connectivity index (χ3n) is 5.52. The van der Waals surface area contributed by atoms with E-state index in [0.29, 0.717) is 0 Å². The standard InChI is InChI=1S/C21H28N2O.C4H6O6/c1-18-8-9-21(20(16-18)17-19-6-4-3-5-7-19)24-15-14-23-12-10-22(2)11-13-23;5-1(3(7)8)2(6)4(9)10/h3-9,16H,10-15,17H2,1-2H3;1-2,5-6H,(H,7,8)(H,9,10). The largest absolute Gasteiger partial charge is 0.492 e. The molecule has 0 aliphatic carbocycles. The normalized spacial score (nSPS) is 16.1. The Morgan fingerprint density at radius 1 is 0.941 bits per heavy atom. The number of benzene rings is 2. The number of carboxylic acid groups (broad SMARTS) is 2. The lowest BCUT2D eigenvalue weighted by molar-refractivity contribution is -0.165. The summed E-state index contributed by atoms with van der Waals surface area (Å²) < 4.78 is 6.14. The predicted molar refractivity (Wildman–Crippen MR) is 127 cm³/mol. The molecule has 3 rings (SSSR count). The Kier molecular flexibility index (Phi) is 11.0. The van der Waals surface area contributed by atoms with Crippen molar-refractivity contribution >= 4 is 11.9 Å². The molecule has 1 aliphatic rings. The van der Waals surface area contributed by atoms with E-state index in [1.165, 1.54) is 16.7 Å². The number of piperazine rings is 1. The van der Waals surface area contributed by atoms with Crippen molar-refractivity contribution in [3.05, 3.63) is 65.2 Å². The van der Waals surface area contributed by atoms with Gasteiger partial charge < -0.3 is 30.1 Å². The first-order chi connectivity index (χ1) is 16.2. The van der Waals surface area contributed by atoms with Crippen molar-refractivity contribution in [1.29, 1.82) is 0 Å². The molecule has 1 aliphatic heterocycles. The van der Waals surface area contributed by atoms with Crippen molar-refractivity contribution < 1.29 is 34.8 Å². The molecule has 0 saturated carbocycles. The van der Waals surface area contributed by atoms with Crippen LogP contribution in [0.4, 0.5) is 0 Å². The van der Waals surface area contributed by atoms with Crippen LogP contribution in [-0.4, -0.2) is 101 Å². The van der Waals surface area contributed by atoms with Crippen molar-refractivity contribution in [1.82, 2.24) is 9.80 Å². The number of hydrogen-bond acceptors (Lipinski definition) is 7. The number of hydrogen-bond donors (Lipinski definition) is 4. The zero-order valence-electron chi connectivity index (χ0n) is 19.6. The molecule has 2 atom stereocenters. The molecule has 9 heteroatoms. The Balaban J connectivity index is 0.000000347. The maximum absolute atomic E-state index is 9.77. The second kappa shape index (κ2) is 13.7. The average molecular weight is 475 g/mol. The molecule has 2 aromatic carbocycles. The summed E-state index contributed by atoms with van der Waals surface area (Å²) in [7, 11) is 2.19. The molecule has 4 N–H and O–H groups in total. The quantitative estimate of drug-likeness (QED) is 0.422. The van der Waals surface area contributed by atoms with E-state index in [2.05, 4.69) is 72.3 Å². The molecule has 0 amide bonds. The van der Waals surface area contributed by atoms with Crippen LogP contribution in [-0.2, 0) is 16.0 Å². The molecular formula is C25H34N2O7. The van der Waals surface area contributed by atoms with Crippen molar-refractivity contribution in [3.63, 3.8) is 0 Å². The van der Waals surface area contributed by atoms with Gasteiger partial charge in [0.05, 0.1) is 0 Å². The lowest BCUT2D eigenvalue weighted by Gasteiger charge is -2.32. The van der Waals surface area contributed by atoms with Gasteiger partial charge in [-0.1, -0.05) is 48.0 Å². The monoisotopic (exact) mass is 474 g/mol.